The maximum Gasteiger partial charge on any atom is 0.272 e. The minimum atomic E-state index is -0.217. The van der Waals surface area contributed by atoms with E-state index in [4.69, 9.17) is 10.9 Å². The second-order valence-electron chi connectivity index (χ2n) is 3.29. The van der Waals surface area contributed by atoms with Crippen molar-refractivity contribution in [1.82, 2.24) is 15.1 Å². The van der Waals surface area contributed by atoms with Gasteiger partial charge in [-0.15, -0.1) is 0 Å². The van der Waals surface area contributed by atoms with Gasteiger partial charge in [-0.25, -0.2) is 0 Å². The molecule has 0 saturated heterocycles. The van der Waals surface area contributed by atoms with E-state index < -0.39 is 0 Å². The summed E-state index contributed by atoms with van der Waals surface area (Å²) >= 11 is 0. The molecule has 0 aliphatic rings. The zero-order valence-electron chi connectivity index (χ0n) is 9.05. The van der Waals surface area contributed by atoms with Gasteiger partial charge < -0.3 is 15.8 Å². The number of carbonyl (C=O) groups excluding carboxylic acids is 1. The number of hydrogen-bond acceptors (Lipinski definition) is 4. The van der Waals surface area contributed by atoms with E-state index in [1.54, 1.807) is 6.07 Å². The Kier molecular flexibility index (Phi) is 4.31. The predicted octanol–water partition coefficient (Wildman–Crippen LogP) is 0.00830. The number of rotatable bonds is 5. The van der Waals surface area contributed by atoms with Crippen LogP contribution in [0.25, 0.3) is 0 Å². The third-order valence-electron chi connectivity index (χ3n) is 1.99. The minimum Gasteiger partial charge on any atom is -0.409 e. The molecule has 0 saturated carbocycles. The fraction of sp³-hybridized carbons (Fsp3) is 0.444. The summed E-state index contributed by atoms with van der Waals surface area (Å²) in [6.07, 6.45) is 2.29. The van der Waals surface area contributed by atoms with E-state index >= 15 is 0 Å². The normalized spacial score (nSPS) is 11.4. The van der Waals surface area contributed by atoms with Gasteiger partial charge in [-0.05, 0) is 12.5 Å². The van der Waals surface area contributed by atoms with Gasteiger partial charge in [-0.3, -0.25) is 9.89 Å². The Bertz CT molecular complexity index is 360. The van der Waals surface area contributed by atoms with Gasteiger partial charge in [0.25, 0.3) is 5.91 Å². The van der Waals surface area contributed by atoms with Crippen LogP contribution in [0.3, 0.4) is 0 Å². The van der Waals surface area contributed by atoms with Gasteiger partial charge in [0.15, 0.2) is 5.84 Å². The summed E-state index contributed by atoms with van der Waals surface area (Å²) in [7, 11) is 0. The maximum atomic E-state index is 11.9. The lowest BCUT2D eigenvalue weighted by Crippen LogP contribution is -2.39. The molecule has 1 aromatic heterocycles. The van der Waals surface area contributed by atoms with E-state index in [2.05, 4.69) is 15.4 Å². The highest BCUT2D eigenvalue weighted by molar-refractivity contribution is 5.95. The Hall–Kier alpha value is -2.05. The summed E-state index contributed by atoms with van der Waals surface area (Å²) in [5, 5.41) is 17.6. The van der Waals surface area contributed by atoms with Crippen LogP contribution in [0.5, 0.6) is 0 Å². The Morgan fingerprint density at radius 1 is 1.75 bits per heavy atom. The highest BCUT2D eigenvalue weighted by Gasteiger charge is 2.17. The number of carbonyl (C=O) groups is 1. The van der Waals surface area contributed by atoms with E-state index in [9.17, 15) is 4.79 Å². The van der Waals surface area contributed by atoms with E-state index in [0.717, 1.165) is 6.42 Å². The lowest BCUT2D eigenvalue weighted by molar-refractivity contribution is 0.0772. The number of nitrogens with two attached hydrogens (primary N) is 1. The molecule has 1 aromatic rings. The molecule has 0 radical (unpaired) electrons. The Balaban J connectivity index is 2.73. The smallest absolute Gasteiger partial charge is 0.272 e. The third kappa shape index (κ3) is 2.97. The maximum absolute atomic E-state index is 11.9. The van der Waals surface area contributed by atoms with Crippen LogP contribution in [0, 0.1) is 0 Å². The Labute approximate surface area is 92.9 Å². The molecule has 0 spiro atoms. The van der Waals surface area contributed by atoms with Gasteiger partial charge in [0.2, 0.25) is 0 Å². The molecule has 7 heteroatoms. The number of aromatic amines is 1. The number of oxime groups is 1. The molecule has 0 fully saturated rings. The SMILES string of the molecule is CCCN(CC(N)=NO)C(=O)c1ccn[nH]1. The van der Waals surface area contributed by atoms with E-state index in [0.29, 0.717) is 12.2 Å². The lowest BCUT2D eigenvalue weighted by Gasteiger charge is -2.20. The van der Waals surface area contributed by atoms with Crippen LogP contribution < -0.4 is 5.73 Å². The van der Waals surface area contributed by atoms with Crippen LogP contribution in [0.1, 0.15) is 23.8 Å². The first-order chi connectivity index (χ1) is 7.69. The first kappa shape index (κ1) is 12.0. The zero-order chi connectivity index (χ0) is 12.0. The largest absolute Gasteiger partial charge is 0.409 e. The van der Waals surface area contributed by atoms with Gasteiger partial charge in [0.05, 0.1) is 6.54 Å². The van der Waals surface area contributed by atoms with Crippen LogP contribution in [-0.4, -0.2) is 45.1 Å². The molecule has 0 bridgehead atoms. The molecule has 0 aliphatic carbocycles. The predicted molar refractivity (Wildman–Crippen MR) is 58.2 cm³/mol. The summed E-state index contributed by atoms with van der Waals surface area (Å²) in [5.74, 6) is -0.215. The van der Waals surface area contributed by atoms with Gasteiger partial charge in [-0.1, -0.05) is 12.1 Å². The Morgan fingerprint density at radius 2 is 2.50 bits per heavy atom. The monoisotopic (exact) mass is 225 g/mol. The molecule has 0 aliphatic heterocycles. The van der Waals surface area contributed by atoms with Gasteiger partial charge >= 0.3 is 0 Å². The molecule has 0 atom stereocenters. The van der Waals surface area contributed by atoms with Crippen molar-refractivity contribution >= 4 is 11.7 Å². The van der Waals surface area contributed by atoms with Gasteiger partial charge in [0.1, 0.15) is 5.69 Å². The molecule has 88 valence electrons. The van der Waals surface area contributed by atoms with Crippen molar-refractivity contribution in [2.45, 2.75) is 13.3 Å². The first-order valence-corrected chi connectivity index (χ1v) is 4.94. The molecular weight excluding hydrogens is 210 g/mol. The van der Waals surface area contributed by atoms with Crippen molar-refractivity contribution in [3.63, 3.8) is 0 Å². The van der Waals surface area contributed by atoms with E-state index in [-0.39, 0.29) is 18.3 Å². The van der Waals surface area contributed by atoms with Crippen LogP contribution in [-0.2, 0) is 0 Å². The standard InChI is InChI=1S/C9H15N5O2/c1-2-5-14(6-8(10)13-16)9(15)7-3-4-11-12-7/h3-4,16H,2,5-6H2,1H3,(H2,10,13)(H,11,12). The van der Waals surface area contributed by atoms with Crippen molar-refractivity contribution < 1.29 is 10.0 Å². The second kappa shape index (κ2) is 5.74. The van der Waals surface area contributed by atoms with Crippen LogP contribution >= 0.6 is 0 Å². The number of amidine groups is 1. The lowest BCUT2D eigenvalue weighted by atomic mass is 10.3. The van der Waals surface area contributed by atoms with Crippen LogP contribution in [0.2, 0.25) is 0 Å². The third-order valence-corrected chi connectivity index (χ3v) is 1.99. The van der Waals surface area contributed by atoms with Crippen molar-refractivity contribution in [3.8, 4) is 0 Å². The molecule has 1 heterocycles. The molecule has 1 amide bonds. The van der Waals surface area contributed by atoms with Gasteiger partial charge in [-0.2, -0.15) is 5.10 Å². The van der Waals surface area contributed by atoms with Crippen molar-refractivity contribution in [1.29, 1.82) is 0 Å². The first-order valence-electron chi connectivity index (χ1n) is 4.94. The fourth-order valence-electron chi connectivity index (χ4n) is 1.29. The number of H-pyrrole nitrogens is 1. The second-order valence-corrected chi connectivity index (χ2v) is 3.29. The average Bonchev–Trinajstić information content (AvgIpc) is 2.80. The van der Waals surface area contributed by atoms with Crippen LogP contribution in [0.15, 0.2) is 17.4 Å². The summed E-state index contributed by atoms with van der Waals surface area (Å²) < 4.78 is 0. The highest BCUT2D eigenvalue weighted by atomic mass is 16.4. The van der Waals surface area contributed by atoms with Crippen molar-refractivity contribution in [2.24, 2.45) is 10.9 Å². The van der Waals surface area contributed by atoms with Gasteiger partial charge in [0, 0.05) is 12.7 Å². The van der Waals surface area contributed by atoms with Crippen molar-refractivity contribution in [3.05, 3.63) is 18.0 Å². The molecule has 1 rings (SSSR count). The topological polar surface area (TPSA) is 108 Å². The molecule has 7 nitrogen and oxygen atoms in total. The summed E-state index contributed by atoms with van der Waals surface area (Å²) in [4.78, 5) is 13.4. The van der Waals surface area contributed by atoms with E-state index in [1.807, 2.05) is 6.92 Å². The number of amides is 1. The van der Waals surface area contributed by atoms with E-state index in [1.165, 1.54) is 11.1 Å². The van der Waals surface area contributed by atoms with Crippen molar-refractivity contribution in [2.75, 3.05) is 13.1 Å². The molecule has 16 heavy (non-hydrogen) atoms. The number of nitrogens with zero attached hydrogens (tertiary/aromatic N) is 3. The zero-order valence-corrected chi connectivity index (χ0v) is 9.05. The minimum absolute atomic E-state index is 0.00122. The number of nitrogens with one attached hydrogen (secondary N) is 1. The van der Waals surface area contributed by atoms with Crippen LogP contribution in [0.4, 0.5) is 0 Å². The number of aromatic nitrogens is 2. The molecule has 4 N–H and O–H groups in total. The quantitative estimate of drug-likeness (QED) is 0.284. The fourth-order valence-corrected chi connectivity index (χ4v) is 1.29. The molecular formula is C9H15N5O2. The summed E-state index contributed by atoms with van der Waals surface area (Å²) in [6, 6.07) is 1.58. The molecule has 0 unspecified atom stereocenters. The summed E-state index contributed by atoms with van der Waals surface area (Å²) in [6.45, 7) is 2.58. The molecule has 0 aromatic carbocycles. The summed E-state index contributed by atoms with van der Waals surface area (Å²) in [5.41, 5.74) is 5.76. The Morgan fingerprint density at radius 3 is 3.00 bits per heavy atom. The average molecular weight is 225 g/mol. The highest BCUT2D eigenvalue weighted by Crippen LogP contribution is 2.01. The number of hydrogen-bond donors (Lipinski definition) is 3.